The number of nitrogens with one attached hydrogen (secondary N) is 1. The lowest BCUT2D eigenvalue weighted by Gasteiger charge is -2.46. The molecule has 0 saturated carbocycles. The quantitative estimate of drug-likeness (QED) is 0.800. The highest BCUT2D eigenvalue weighted by molar-refractivity contribution is 6.04. The summed E-state index contributed by atoms with van der Waals surface area (Å²) in [6, 6.07) is 3.33. The number of fused-ring (bicyclic) bond motifs is 2. The van der Waals surface area contributed by atoms with Gasteiger partial charge in [-0.2, -0.15) is 0 Å². The molecule has 0 amide bonds. The first-order chi connectivity index (χ1) is 12.2. The van der Waals surface area contributed by atoms with Crippen LogP contribution in [0.3, 0.4) is 0 Å². The van der Waals surface area contributed by atoms with Crippen LogP contribution >= 0.6 is 0 Å². The Kier molecular flexibility index (Phi) is 4.62. The minimum absolute atomic E-state index is 0.0309. The van der Waals surface area contributed by atoms with Crippen LogP contribution in [-0.4, -0.2) is 56.9 Å². The summed E-state index contributed by atoms with van der Waals surface area (Å²) in [6.07, 6.45) is 1.57. The maximum atomic E-state index is 12.5. The molecule has 9 nitrogen and oxygen atoms in total. The fourth-order valence-corrected chi connectivity index (χ4v) is 3.24. The first kappa shape index (κ1) is 16.4. The van der Waals surface area contributed by atoms with Gasteiger partial charge in [0.2, 0.25) is 5.96 Å². The number of hydroxylamine groups is 1. The highest BCUT2D eigenvalue weighted by Gasteiger charge is 2.22. The minimum Gasteiger partial charge on any atom is -0.752 e. The molecule has 25 heavy (non-hydrogen) atoms. The number of benzene rings is 1. The van der Waals surface area contributed by atoms with Gasteiger partial charge in [-0.15, -0.1) is 0 Å². The van der Waals surface area contributed by atoms with Crippen LogP contribution in [0, 0.1) is 10.4 Å². The van der Waals surface area contributed by atoms with Gasteiger partial charge in [0.1, 0.15) is 5.75 Å². The lowest BCUT2D eigenvalue weighted by Crippen LogP contribution is -2.50. The molecule has 1 saturated heterocycles. The molecule has 0 radical (unpaired) electrons. The van der Waals surface area contributed by atoms with E-state index in [1.807, 2.05) is 0 Å². The normalized spacial score (nSPS) is 21.8. The molecule has 4 rings (SSSR count). The second kappa shape index (κ2) is 7.04. The predicted octanol–water partition coefficient (Wildman–Crippen LogP) is 0.826. The zero-order valence-electron chi connectivity index (χ0n) is 13.9. The van der Waals surface area contributed by atoms with Crippen molar-refractivity contribution in [2.75, 3.05) is 56.2 Å². The maximum Gasteiger partial charge on any atom is 0.206 e. The van der Waals surface area contributed by atoms with Crippen LogP contribution in [0.2, 0.25) is 0 Å². The number of ether oxygens (including phenoxy) is 2. The lowest BCUT2D eigenvalue weighted by atomic mass is 10.1. The van der Waals surface area contributed by atoms with Gasteiger partial charge in [-0.3, -0.25) is 15.3 Å². The first-order valence-corrected chi connectivity index (χ1v) is 8.58. The van der Waals surface area contributed by atoms with Crippen LogP contribution in [0.25, 0.3) is 0 Å². The molecule has 3 heterocycles. The third kappa shape index (κ3) is 3.36. The van der Waals surface area contributed by atoms with E-state index in [0.717, 1.165) is 51.3 Å². The van der Waals surface area contributed by atoms with Crippen LogP contribution in [0.15, 0.2) is 17.1 Å². The van der Waals surface area contributed by atoms with Crippen molar-refractivity contribution in [1.82, 2.24) is 10.3 Å². The van der Waals surface area contributed by atoms with Crippen molar-refractivity contribution in [3.8, 4) is 5.75 Å². The van der Waals surface area contributed by atoms with Gasteiger partial charge in [0.05, 0.1) is 31.2 Å². The van der Waals surface area contributed by atoms with Crippen molar-refractivity contribution < 1.29 is 9.47 Å². The Morgan fingerprint density at radius 1 is 1.12 bits per heavy atom. The van der Waals surface area contributed by atoms with Crippen molar-refractivity contribution in [3.05, 3.63) is 28.1 Å². The Morgan fingerprint density at radius 2 is 1.96 bits per heavy atom. The Balaban J connectivity index is 1.41. The molecule has 1 N–H and O–H groups in total. The summed E-state index contributed by atoms with van der Waals surface area (Å²) in [7, 11) is 0. The molecule has 1 aromatic carbocycles. The number of anilines is 2. The smallest absolute Gasteiger partial charge is 0.206 e. The van der Waals surface area contributed by atoms with E-state index in [1.54, 1.807) is 12.1 Å². The monoisotopic (exact) mass is 347 g/mol. The predicted molar refractivity (Wildman–Crippen MR) is 94.6 cm³/mol. The minimum atomic E-state index is 0.0309. The molecular weight excluding hydrogens is 326 g/mol. The lowest BCUT2D eigenvalue weighted by molar-refractivity contribution is 0.0377. The Labute approximate surface area is 145 Å². The van der Waals surface area contributed by atoms with E-state index in [2.05, 4.69) is 15.3 Å². The first-order valence-electron chi connectivity index (χ1n) is 8.58. The number of nitrogens with zero attached hydrogens (tertiary/aromatic N) is 4. The van der Waals surface area contributed by atoms with Gasteiger partial charge in [0, 0.05) is 38.7 Å². The number of morpholine rings is 1. The molecular formula is C16H21N5O4-2. The summed E-state index contributed by atoms with van der Waals surface area (Å²) in [6.45, 7) is 5.35. The molecule has 0 unspecified atom stereocenters. The fourth-order valence-electron chi connectivity index (χ4n) is 3.24. The van der Waals surface area contributed by atoms with E-state index in [4.69, 9.17) is 9.47 Å². The third-order valence-electron chi connectivity index (χ3n) is 4.62. The zero-order chi connectivity index (χ0) is 17.2. The van der Waals surface area contributed by atoms with Gasteiger partial charge in [-0.1, -0.05) is 0 Å². The van der Waals surface area contributed by atoms with Gasteiger partial charge in [-0.05, 0) is 18.1 Å². The maximum absolute atomic E-state index is 12.5. The number of aliphatic imine (C=N–C) groups is 1. The summed E-state index contributed by atoms with van der Waals surface area (Å²) < 4.78 is 10.8. The number of hydrogen-bond donors (Lipinski definition) is 1. The second-order valence-electron chi connectivity index (χ2n) is 6.26. The molecule has 136 valence electrons. The molecule has 3 aliphatic rings. The van der Waals surface area contributed by atoms with Crippen molar-refractivity contribution in [3.63, 3.8) is 0 Å². The molecule has 9 heteroatoms. The van der Waals surface area contributed by atoms with E-state index >= 15 is 0 Å². The van der Waals surface area contributed by atoms with Crippen molar-refractivity contribution in [2.45, 2.75) is 12.8 Å². The van der Waals surface area contributed by atoms with Crippen LogP contribution in [0.1, 0.15) is 12.0 Å². The number of hydrazine groups is 1. The van der Waals surface area contributed by atoms with Gasteiger partial charge in [0.15, 0.2) is 0 Å². The SMILES string of the molecule is [O-]N1NC(=NCCCN2CCOCC2)N([O-])c2cc3c(cc21)OCC3. The standard InChI is InChI=1S/C16H21N5O4/c22-20-13-10-12-2-7-25-15(12)11-14(13)21(23)18-16(20)17-3-1-4-19-5-8-24-9-6-19/h10-11H,1-9H2,(H,17,18)/q-2. The van der Waals surface area contributed by atoms with E-state index in [-0.39, 0.29) is 11.6 Å². The molecule has 0 aliphatic carbocycles. The summed E-state index contributed by atoms with van der Waals surface area (Å²) in [5.74, 6) is 0.698. The van der Waals surface area contributed by atoms with Crippen LogP contribution < -0.4 is 20.4 Å². The van der Waals surface area contributed by atoms with Gasteiger partial charge in [-0.25, -0.2) is 0 Å². The molecule has 3 aliphatic heterocycles. The molecule has 0 atom stereocenters. The average molecular weight is 347 g/mol. The second-order valence-corrected chi connectivity index (χ2v) is 6.26. The Hall–Kier alpha value is -2.07. The van der Waals surface area contributed by atoms with E-state index in [1.165, 1.54) is 0 Å². The van der Waals surface area contributed by atoms with Crippen LogP contribution in [-0.2, 0) is 11.2 Å². The molecule has 1 fully saturated rings. The summed E-state index contributed by atoms with van der Waals surface area (Å²) in [5.41, 5.74) is 4.01. The number of hydrogen-bond acceptors (Lipinski definition) is 7. The number of guanidine groups is 1. The average Bonchev–Trinajstić information content (AvgIpc) is 3.10. The van der Waals surface area contributed by atoms with Crippen LogP contribution in [0.4, 0.5) is 11.4 Å². The fraction of sp³-hybridized carbons (Fsp3) is 0.562. The molecule has 0 bridgehead atoms. The number of rotatable bonds is 4. The summed E-state index contributed by atoms with van der Waals surface area (Å²) in [4.78, 5) is 6.59. The summed E-state index contributed by atoms with van der Waals surface area (Å²) in [5, 5.41) is 26.0. The Morgan fingerprint density at radius 3 is 2.80 bits per heavy atom. The molecule has 0 spiro atoms. The molecule has 1 aromatic rings. The van der Waals surface area contributed by atoms with Gasteiger partial charge >= 0.3 is 0 Å². The highest BCUT2D eigenvalue weighted by Crippen LogP contribution is 2.39. The topological polar surface area (TPSA) is 98.7 Å². The van der Waals surface area contributed by atoms with Crippen molar-refractivity contribution in [2.24, 2.45) is 4.99 Å². The van der Waals surface area contributed by atoms with E-state index < -0.39 is 0 Å². The zero-order valence-corrected chi connectivity index (χ0v) is 13.9. The Bertz CT molecular complexity index is 662. The summed E-state index contributed by atoms with van der Waals surface area (Å²) >= 11 is 0. The van der Waals surface area contributed by atoms with Crippen molar-refractivity contribution >= 4 is 17.3 Å². The van der Waals surface area contributed by atoms with E-state index in [0.29, 0.717) is 34.8 Å². The van der Waals surface area contributed by atoms with Gasteiger partial charge < -0.3 is 30.1 Å². The molecule has 0 aromatic heterocycles. The van der Waals surface area contributed by atoms with Crippen molar-refractivity contribution in [1.29, 1.82) is 0 Å². The highest BCUT2D eigenvalue weighted by atomic mass is 16.6. The largest absolute Gasteiger partial charge is 0.752 e. The van der Waals surface area contributed by atoms with E-state index in [9.17, 15) is 10.4 Å². The van der Waals surface area contributed by atoms with Gasteiger partial charge in [0.25, 0.3) is 0 Å². The van der Waals surface area contributed by atoms with Crippen LogP contribution in [0.5, 0.6) is 5.75 Å². The third-order valence-corrected chi connectivity index (χ3v) is 4.62.